The Balaban J connectivity index is 1.26. The molecule has 2 aromatic carbocycles. The normalized spacial score (nSPS) is 14.9. The third-order valence-corrected chi connectivity index (χ3v) is 9.15. The molecule has 0 bridgehead atoms. The second kappa shape index (κ2) is 10.6. The summed E-state index contributed by atoms with van der Waals surface area (Å²) < 4.78 is 37.4. The predicted molar refractivity (Wildman–Crippen MR) is 149 cm³/mol. The van der Waals surface area contributed by atoms with Gasteiger partial charge < -0.3 is 24.1 Å². The average Bonchev–Trinajstić information content (AvgIpc) is 3.66. The minimum absolute atomic E-state index is 0.0122. The maximum atomic E-state index is 12.8. The van der Waals surface area contributed by atoms with Gasteiger partial charge in [0.15, 0.2) is 15.1 Å². The van der Waals surface area contributed by atoms with Crippen LogP contribution in [-0.2, 0) is 21.0 Å². The number of nitrogens with one attached hydrogen (secondary N) is 2. The Morgan fingerprint density at radius 3 is 2.51 bits per heavy atom. The van der Waals surface area contributed by atoms with Crippen LogP contribution in [-0.4, -0.2) is 82.0 Å². The Kier molecular flexibility index (Phi) is 6.93. The Bertz CT molecular complexity index is 1900. The molecule has 1 atom stereocenters. The number of benzene rings is 2. The Hall–Kier alpha value is -4.34. The van der Waals surface area contributed by atoms with Gasteiger partial charge in [0.2, 0.25) is 17.7 Å². The summed E-state index contributed by atoms with van der Waals surface area (Å²) in [6.07, 6.45) is 0.961. The summed E-state index contributed by atoms with van der Waals surface area (Å²) >= 11 is 1.20. The van der Waals surface area contributed by atoms with Crippen molar-refractivity contribution in [3.63, 3.8) is 0 Å². The van der Waals surface area contributed by atoms with Crippen LogP contribution in [0.3, 0.4) is 0 Å². The summed E-state index contributed by atoms with van der Waals surface area (Å²) in [5.74, 6) is -0.552. The quantitative estimate of drug-likeness (QED) is 0.252. The van der Waals surface area contributed by atoms with E-state index in [0.29, 0.717) is 37.4 Å². The van der Waals surface area contributed by atoms with Gasteiger partial charge in [-0.25, -0.2) is 18.2 Å². The number of ether oxygens (including phenoxy) is 1. The molecule has 3 aromatic heterocycles. The summed E-state index contributed by atoms with van der Waals surface area (Å²) in [5, 5.41) is 16.6. The number of carbonyl (C=O) groups excluding carboxylic acids is 1. The summed E-state index contributed by atoms with van der Waals surface area (Å²) in [7, 11) is -3.77. The van der Waals surface area contributed by atoms with Crippen LogP contribution in [0, 0.1) is 0 Å². The second-order valence-corrected chi connectivity index (χ2v) is 12.7. The molecule has 1 unspecified atom stereocenters. The molecule has 15 heteroatoms. The van der Waals surface area contributed by atoms with E-state index in [4.69, 9.17) is 9.15 Å². The molecular formula is C26H24N6O7S2. The molecule has 3 N–H and O–H groups in total. The van der Waals surface area contributed by atoms with E-state index in [1.165, 1.54) is 11.3 Å². The smallest absolute Gasteiger partial charge is 0.325 e. The van der Waals surface area contributed by atoms with Gasteiger partial charge in [0, 0.05) is 24.9 Å². The van der Waals surface area contributed by atoms with Gasteiger partial charge >= 0.3 is 5.69 Å². The van der Waals surface area contributed by atoms with Crippen molar-refractivity contribution in [2.24, 2.45) is 0 Å². The number of fused-ring (bicyclic) bond motifs is 1. The number of nitrogens with zero attached hydrogens (tertiary/aromatic N) is 4. The molecule has 13 nitrogen and oxygen atoms in total. The van der Waals surface area contributed by atoms with Gasteiger partial charge in [0.25, 0.3) is 5.91 Å². The SMILES string of the molecule is CS(=O)(=O)C(c1nnc(Cc2[nH]c(=O)[nH]c2O)o1)c1nc2ccc(-c3ccc(C(=O)N4CCOCC4)cc3)cc2s1. The predicted octanol–water partition coefficient (Wildman–Crippen LogP) is 2.27. The Morgan fingerprint density at radius 2 is 1.83 bits per heavy atom. The van der Waals surface area contributed by atoms with Crippen LogP contribution in [0.4, 0.5) is 0 Å². The molecule has 0 radical (unpaired) electrons. The first kappa shape index (κ1) is 26.9. The monoisotopic (exact) mass is 596 g/mol. The van der Waals surface area contributed by atoms with Crippen LogP contribution in [0.5, 0.6) is 5.88 Å². The van der Waals surface area contributed by atoms with Crippen LogP contribution in [0.2, 0.25) is 0 Å². The van der Waals surface area contributed by atoms with Crippen LogP contribution in [0.25, 0.3) is 21.3 Å². The van der Waals surface area contributed by atoms with Crippen LogP contribution < -0.4 is 5.69 Å². The van der Waals surface area contributed by atoms with Crippen molar-refractivity contribution in [3.05, 3.63) is 81.0 Å². The number of morpholine rings is 1. The topological polar surface area (TPSA) is 184 Å². The lowest BCUT2D eigenvalue weighted by atomic mass is 10.0. The molecule has 1 amide bonds. The van der Waals surface area contributed by atoms with E-state index < -0.39 is 20.8 Å². The van der Waals surface area contributed by atoms with Gasteiger partial charge in [0.05, 0.1) is 35.5 Å². The van der Waals surface area contributed by atoms with Crippen molar-refractivity contribution < 1.29 is 27.5 Å². The fourth-order valence-electron chi connectivity index (χ4n) is 4.59. The van der Waals surface area contributed by atoms with Crippen molar-refractivity contribution in [2.45, 2.75) is 11.7 Å². The lowest BCUT2D eigenvalue weighted by molar-refractivity contribution is 0.0303. The molecule has 0 spiro atoms. The molecule has 1 aliphatic rings. The van der Waals surface area contributed by atoms with Gasteiger partial charge in [-0.3, -0.25) is 9.78 Å². The molecule has 1 saturated heterocycles. The maximum absolute atomic E-state index is 12.8. The first-order valence-corrected chi connectivity index (χ1v) is 15.3. The summed E-state index contributed by atoms with van der Waals surface area (Å²) in [6, 6.07) is 13.0. The zero-order valence-corrected chi connectivity index (χ0v) is 23.3. The minimum Gasteiger partial charge on any atom is -0.493 e. The number of aromatic amines is 2. The standard InChI is InChI=1S/C26H24N6O7S2/c1-41(36,37)21(23-31-30-20(39-23)13-18-22(33)29-26(35)28-18)24-27-17-7-6-16(12-19(17)40-24)14-2-4-15(5-3-14)25(34)32-8-10-38-11-9-32/h2-7,12,21,33H,8-11,13H2,1H3,(H2,28,29,35). The number of sulfone groups is 1. The number of amides is 1. The van der Waals surface area contributed by atoms with Gasteiger partial charge in [-0.2, -0.15) is 0 Å². The maximum Gasteiger partial charge on any atom is 0.325 e. The lowest BCUT2D eigenvalue weighted by Crippen LogP contribution is -2.40. The molecule has 212 valence electrons. The third kappa shape index (κ3) is 5.51. The van der Waals surface area contributed by atoms with Gasteiger partial charge in [-0.1, -0.05) is 18.2 Å². The highest BCUT2D eigenvalue weighted by atomic mass is 32.2. The van der Waals surface area contributed by atoms with Crippen LogP contribution in [0.15, 0.2) is 51.7 Å². The molecule has 0 aliphatic carbocycles. The lowest BCUT2D eigenvalue weighted by Gasteiger charge is -2.26. The van der Waals surface area contributed by atoms with E-state index in [0.717, 1.165) is 22.1 Å². The number of rotatable bonds is 7. The van der Waals surface area contributed by atoms with E-state index in [2.05, 4.69) is 25.1 Å². The molecule has 41 heavy (non-hydrogen) atoms. The Labute approximate surface area is 236 Å². The molecule has 1 fully saturated rings. The highest BCUT2D eigenvalue weighted by Gasteiger charge is 2.34. The van der Waals surface area contributed by atoms with Gasteiger partial charge in [0.1, 0.15) is 5.01 Å². The number of thiazole rings is 1. The van der Waals surface area contributed by atoms with E-state index in [1.807, 2.05) is 24.3 Å². The fourth-order valence-corrected chi connectivity index (χ4v) is 7.12. The second-order valence-electron chi connectivity index (χ2n) is 9.54. The highest BCUT2D eigenvalue weighted by molar-refractivity contribution is 7.91. The highest BCUT2D eigenvalue weighted by Crippen LogP contribution is 2.36. The minimum atomic E-state index is -3.77. The molecular weight excluding hydrogens is 572 g/mol. The largest absolute Gasteiger partial charge is 0.493 e. The van der Waals surface area contributed by atoms with E-state index >= 15 is 0 Å². The number of imidazole rings is 1. The van der Waals surface area contributed by atoms with E-state index in [1.54, 1.807) is 23.1 Å². The van der Waals surface area contributed by atoms with Gasteiger partial charge in [-0.05, 0) is 35.4 Å². The van der Waals surface area contributed by atoms with Crippen molar-refractivity contribution in [1.29, 1.82) is 0 Å². The fraction of sp³-hybridized carbons (Fsp3) is 0.269. The summed E-state index contributed by atoms with van der Waals surface area (Å²) in [5.41, 5.74) is 2.52. The van der Waals surface area contributed by atoms with Crippen molar-refractivity contribution in [3.8, 4) is 17.0 Å². The van der Waals surface area contributed by atoms with Crippen molar-refractivity contribution >= 4 is 37.3 Å². The van der Waals surface area contributed by atoms with E-state index in [9.17, 15) is 23.1 Å². The number of aromatic hydroxyl groups is 1. The van der Waals surface area contributed by atoms with Crippen LogP contribution >= 0.6 is 11.3 Å². The summed E-state index contributed by atoms with van der Waals surface area (Å²) in [4.78, 5) is 35.1. The number of aromatic nitrogens is 5. The molecule has 5 aromatic rings. The Morgan fingerprint density at radius 1 is 1.10 bits per heavy atom. The molecule has 1 aliphatic heterocycles. The van der Waals surface area contributed by atoms with Crippen LogP contribution in [0.1, 0.15) is 38.1 Å². The zero-order valence-electron chi connectivity index (χ0n) is 21.7. The van der Waals surface area contributed by atoms with E-state index in [-0.39, 0.29) is 40.7 Å². The number of hydrogen-bond donors (Lipinski definition) is 3. The van der Waals surface area contributed by atoms with Crippen molar-refractivity contribution in [2.75, 3.05) is 32.6 Å². The third-order valence-electron chi connectivity index (χ3n) is 6.64. The molecule has 6 rings (SSSR count). The zero-order chi connectivity index (χ0) is 28.7. The van der Waals surface area contributed by atoms with Crippen molar-refractivity contribution in [1.82, 2.24) is 30.0 Å². The molecule has 0 saturated carbocycles. The van der Waals surface area contributed by atoms with Gasteiger partial charge in [-0.15, -0.1) is 21.5 Å². The first-order chi connectivity index (χ1) is 19.7. The number of hydrogen-bond acceptors (Lipinski definition) is 11. The first-order valence-electron chi connectivity index (χ1n) is 12.5. The summed E-state index contributed by atoms with van der Waals surface area (Å²) in [6.45, 7) is 2.22. The average molecular weight is 597 g/mol. The number of H-pyrrole nitrogens is 2. The molecule has 4 heterocycles. The number of carbonyl (C=O) groups is 1.